The van der Waals surface area contributed by atoms with Gasteiger partial charge in [-0.3, -0.25) is 4.79 Å². The summed E-state index contributed by atoms with van der Waals surface area (Å²) in [6.45, 7) is 6.54. The Kier molecular flexibility index (Phi) is 4.72. The summed E-state index contributed by atoms with van der Waals surface area (Å²) in [4.78, 5) is 16.1. The summed E-state index contributed by atoms with van der Waals surface area (Å²) in [5.74, 6) is 1.14. The van der Waals surface area contributed by atoms with E-state index in [0.717, 1.165) is 33.9 Å². The lowest BCUT2D eigenvalue weighted by atomic mass is 9.89. The summed E-state index contributed by atoms with van der Waals surface area (Å²) in [6, 6.07) is 7.33. The third-order valence-electron chi connectivity index (χ3n) is 5.35. The highest BCUT2D eigenvalue weighted by molar-refractivity contribution is 7.99. The van der Waals surface area contributed by atoms with Crippen LogP contribution in [0.25, 0.3) is 21.7 Å². The lowest BCUT2D eigenvalue weighted by molar-refractivity contribution is 0.508. The molecular formula is C21H21ClN4OS2. The molecule has 1 aromatic carbocycles. The molecule has 0 aliphatic heterocycles. The first-order valence-corrected chi connectivity index (χ1v) is 11.9. The highest BCUT2D eigenvalue weighted by Crippen LogP contribution is 2.38. The quantitative estimate of drug-likeness (QED) is 0.398. The number of thiophene rings is 1. The predicted molar refractivity (Wildman–Crippen MR) is 121 cm³/mol. The van der Waals surface area contributed by atoms with Gasteiger partial charge in [0.25, 0.3) is 5.56 Å². The molecule has 5 rings (SSSR count). The standard InChI is InChI=1S/C21H21ClN4OS2/c1-11(2)28-21-24-23-20-25(14-7-5-13(22)6-8-14)18(27)17-15-10-12(3)4-9-16(15)29-19(17)26(20)21/h5-8,11-12H,4,9-10H2,1-3H3. The first kappa shape index (κ1) is 19.2. The molecule has 5 nitrogen and oxygen atoms in total. The van der Waals surface area contributed by atoms with Gasteiger partial charge in [0.05, 0.1) is 11.1 Å². The Bertz CT molecular complexity index is 1290. The van der Waals surface area contributed by atoms with Gasteiger partial charge in [-0.2, -0.15) is 0 Å². The van der Waals surface area contributed by atoms with E-state index in [1.54, 1.807) is 39.8 Å². The zero-order chi connectivity index (χ0) is 20.3. The van der Waals surface area contributed by atoms with Crippen LogP contribution in [0.4, 0.5) is 0 Å². The molecule has 1 unspecified atom stereocenters. The van der Waals surface area contributed by atoms with E-state index in [9.17, 15) is 4.79 Å². The van der Waals surface area contributed by atoms with Gasteiger partial charge < -0.3 is 0 Å². The monoisotopic (exact) mass is 444 g/mol. The van der Waals surface area contributed by atoms with Gasteiger partial charge in [0.1, 0.15) is 4.83 Å². The van der Waals surface area contributed by atoms with Gasteiger partial charge in [0, 0.05) is 15.1 Å². The van der Waals surface area contributed by atoms with Crippen molar-refractivity contribution in [1.29, 1.82) is 0 Å². The number of fused-ring (bicyclic) bond motifs is 5. The second kappa shape index (κ2) is 7.15. The van der Waals surface area contributed by atoms with E-state index in [4.69, 9.17) is 11.6 Å². The average Bonchev–Trinajstić information content (AvgIpc) is 3.24. The van der Waals surface area contributed by atoms with Crippen molar-refractivity contribution in [3.8, 4) is 5.69 Å². The van der Waals surface area contributed by atoms with Crippen molar-refractivity contribution < 1.29 is 0 Å². The molecule has 0 bridgehead atoms. The third-order valence-corrected chi connectivity index (χ3v) is 7.83. The topological polar surface area (TPSA) is 52.2 Å². The Hall–Kier alpha value is -1.83. The highest BCUT2D eigenvalue weighted by atomic mass is 35.5. The van der Waals surface area contributed by atoms with E-state index < -0.39 is 0 Å². The third kappa shape index (κ3) is 3.10. The van der Waals surface area contributed by atoms with Crippen molar-refractivity contribution in [2.45, 2.75) is 50.4 Å². The number of hydrogen-bond donors (Lipinski definition) is 0. The van der Waals surface area contributed by atoms with E-state index in [1.807, 2.05) is 12.1 Å². The molecule has 1 aliphatic carbocycles. The fraction of sp³-hybridized carbons (Fsp3) is 0.381. The zero-order valence-electron chi connectivity index (χ0n) is 16.5. The number of rotatable bonds is 3. The van der Waals surface area contributed by atoms with Crippen molar-refractivity contribution in [2.75, 3.05) is 0 Å². The molecule has 0 amide bonds. The molecule has 0 N–H and O–H groups in total. The fourth-order valence-electron chi connectivity index (χ4n) is 4.02. The lowest BCUT2D eigenvalue weighted by Crippen LogP contribution is -2.22. The van der Waals surface area contributed by atoms with Gasteiger partial charge in [-0.25, -0.2) is 8.97 Å². The Morgan fingerprint density at radius 2 is 2.00 bits per heavy atom. The molecular weight excluding hydrogens is 424 g/mol. The van der Waals surface area contributed by atoms with Crippen molar-refractivity contribution in [1.82, 2.24) is 19.2 Å². The molecule has 0 spiro atoms. The molecule has 3 aromatic heterocycles. The van der Waals surface area contributed by atoms with Crippen LogP contribution in [-0.4, -0.2) is 24.4 Å². The first-order valence-electron chi connectivity index (χ1n) is 9.81. The number of aromatic nitrogens is 4. The van der Waals surface area contributed by atoms with Crippen LogP contribution in [0.5, 0.6) is 0 Å². The molecule has 1 atom stereocenters. The summed E-state index contributed by atoms with van der Waals surface area (Å²) in [5.41, 5.74) is 1.95. The normalized spacial score (nSPS) is 16.8. The molecule has 8 heteroatoms. The summed E-state index contributed by atoms with van der Waals surface area (Å²) in [7, 11) is 0. The fourth-order valence-corrected chi connectivity index (χ4v) is 6.32. The maximum atomic E-state index is 13.7. The largest absolute Gasteiger partial charge is 0.268 e. The number of aryl methyl sites for hydroxylation is 1. The molecule has 0 fully saturated rings. The van der Waals surface area contributed by atoms with Crippen LogP contribution in [0, 0.1) is 5.92 Å². The van der Waals surface area contributed by atoms with Crippen LogP contribution in [-0.2, 0) is 12.8 Å². The van der Waals surface area contributed by atoms with Gasteiger partial charge in [-0.05, 0) is 55.0 Å². The minimum atomic E-state index is -0.0186. The molecule has 0 saturated heterocycles. The van der Waals surface area contributed by atoms with Crippen LogP contribution in [0.15, 0.2) is 34.2 Å². The Labute approximate surface area is 181 Å². The minimum Gasteiger partial charge on any atom is -0.268 e. The number of hydrogen-bond acceptors (Lipinski definition) is 5. The lowest BCUT2D eigenvalue weighted by Gasteiger charge is -2.18. The van der Waals surface area contributed by atoms with Gasteiger partial charge in [0.15, 0.2) is 5.16 Å². The van der Waals surface area contributed by atoms with E-state index in [-0.39, 0.29) is 5.56 Å². The summed E-state index contributed by atoms with van der Waals surface area (Å²) >= 11 is 9.49. The molecule has 150 valence electrons. The van der Waals surface area contributed by atoms with Crippen molar-refractivity contribution in [2.24, 2.45) is 5.92 Å². The number of halogens is 1. The SMILES string of the molecule is CC1CCc2sc3c(c2C1)c(=O)n(-c1ccc(Cl)cc1)c1nnc(SC(C)C)n31. The van der Waals surface area contributed by atoms with Crippen LogP contribution in [0.3, 0.4) is 0 Å². The first-order chi connectivity index (χ1) is 13.9. The second-order valence-electron chi connectivity index (χ2n) is 7.93. The maximum Gasteiger partial charge on any atom is 0.268 e. The van der Waals surface area contributed by atoms with Crippen LogP contribution < -0.4 is 5.56 Å². The number of nitrogens with zero attached hydrogens (tertiary/aromatic N) is 4. The molecule has 0 radical (unpaired) electrons. The van der Waals surface area contributed by atoms with Crippen molar-refractivity contribution in [3.63, 3.8) is 0 Å². The molecule has 29 heavy (non-hydrogen) atoms. The molecule has 0 saturated carbocycles. The summed E-state index contributed by atoms with van der Waals surface area (Å²) in [6.07, 6.45) is 3.15. The highest BCUT2D eigenvalue weighted by Gasteiger charge is 2.27. The van der Waals surface area contributed by atoms with Gasteiger partial charge in [-0.1, -0.05) is 44.1 Å². The molecule has 4 aromatic rings. The maximum absolute atomic E-state index is 13.7. The van der Waals surface area contributed by atoms with E-state index >= 15 is 0 Å². The molecule has 1 aliphatic rings. The average molecular weight is 445 g/mol. The summed E-state index contributed by atoms with van der Waals surface area (Å²) in [5, 5.41) is 11.5. The Morgan fingerprint density at radius 1 is 1.24 bits per heavy atom. The Morgan fingerprint density at radius 3 is 2.72 bits per heavy atom. The molecule has 3 heterocycles. The number of thioether (sulfide) groups is 1. The van der Waals surface area contributed by atoms with E-state index in [2.05, 4.69) is 35.4 Å². The van der Waals surface area contributed by atoms with Crippen LogP contribution in [0.1, 0.15) is 37.6 Å². The zero-order valence-corrected chi connectivity index (χ0v) is 18.9. The number of benzene rings is 1. The van der Waals surface area contributed by atoms with Crippen LogP contribution in [0.2, 0.25) is 5.02 Å². The van der Waals surface area contributed by atoms with Gasteiger partial charge >= 0.3 is 0 Å². The van der Waals surface area contributed by atoms with Gasteiger partial charge in [0.2, 0.25) is 5.78 Å². The smallest absolute Gasteiger partial charge is 0.268 e. The van der Waals surface area contributed by atoms with Crippen molar-refractivity contribution >= 4 is 50.7 Å². The van der Waals surface area contributed by atoms with Gasteiger partial charge in [-0.15, -0.1) is 21.5 Å². The second-order valence-corrected chi connectivity index (χ2v) is 11.0. The predicted octanol–water partition coefficient (Wildman–Crippen LogP) is 5.37. The van der Waals surface area contributed by atoms with E-state index in [1.165, 1.54) is 16.9 Å². The minimum absolute atomic E-state index is 0.0186. The van der Waals surface area contributed by atoms with E-state index in [0.29, 0.717) is 22.0 Å². The van der Waals surface area contributed by atoms with Crippen molar-refractivity contribution in [3.05, 3.63) is 50.1 Å². The van der Waals surface area contributed by atoms with Crippen LogP contribution >= 0.6 is 34.7 Å². The Balaban J connectivity index is 1.92. The summed E-state index contributed by atoms with van der Waals surface area (Å²) < 4.78 is 3.76.